The molecule has 1 aliphatic rings. The summed E-state index contributed by atoms with van der Waals surface area (Å²) in [5, 5.41) is 7.49. The number of hydrogen-bond donors (Lipinski definition) is 2. The largest absolute Gasteiger partial charge is 0.457 e. The van der Waals surface area contributed by atoms with E-state index in [2.05, 4.69) is 15.5 Å². The molecule has 0 atom stereocenters. The van der Waals surface area contributed by atoms with E-state index in [1.165, 1.54) is 6.08 Å². The molecule has 0 spiro atoms. The van der Waals surface area contributed by atoms with Crippen LogP contribution in [0.3, 0.4) is 0 Å². The maximum Gasteiger partial charge on any atom is 0.253 e. The van der Waals surface area contributed by atoms with Crippen molar-refractivity contribution in [1.29, 1.82) is 0 Å². The number of nitrogens with one attached hydrogen (secondary N) is 2. The summed E-state index contributed by atoms with van der Waals surface area (Å²) in [5.74, 6) is 0.754. The number of benzene rings is 3. The van der Waals surface area contributed by atoms with Crippen LogP contribution < -0.4 is 15.5 Å². The molecule has 2 amide bonds. The monoisotopic (exact) mass is 638 g/mol. The lowest BCUT2D eigenvalue weighted by Gasteiger charge is -2.36. The van der Waals surface area contributed by atoms with Crippen LogP contribution in [0.15, 0.2) is 89.4 Å². The number of furan rings is 1. The number of amides is 2. The summed E-state index contributed by atoms with van der Waals surface area (Å²) in [4.78, 5) is 29.1. The Kier molecular flexibility index (Phi) is 9.49. The normalized spacial score (nSPS) is 13.3. The fourth-order valence-electron chi connectivity index (χ4n) is 4.45. The van der Waals surface area contributed by atoms with Crippen LogP contribution in [0.4, 0.5) is 11.4 Å². The maximum atomic E-state index is 12.8. The van der Waals surface area contributed by atoms with Crippen LogP contribution >= 0.6 is 47.0 Å². The number of hydrogen-bond acceptors (Lipinski definition) is 5. The average molecular weight is 640 g/mol. The molecule has 1 aromatic heterocycles. The van der Waals surface area contributed by atoms with Crippen molar-refractivity contribution in [2.45, 2.75) is 0 Å². The fraction of sp³-hybridized carbons (Fsp3) is 0.129. The molecular formula is C31H25Cl3N4O3S. The van der Waals surface area contributed by atoms with Gasteiger partial charge in [-0.25, -0.2) is 0 Å². The Morgan fingerprint density at radius 3 is 2.17 bits per heavy atom. The van der Waals surface area contributed by atoms with Crippen LogP contribution in [0.1, 0.15) is 16.1 Å². The molecule has 5 rings (SSSR count). The Morgan fingerprint density at radius 2 is 1.50 bits per heavy atom. The summed E-state index contributed by atoms with van der Waals surface area (Å²) in [6.07, 6.45) is 2.90. The third kappa shape index (κ3) is 7.52. The third-order valence-electron chi connectivity index (χ3n) is 6.60. The molecule has 1 saturated heterocycles. The van der Waals surface area contributed by atoms with Gasteiger partial charge in [-0.3, -0.25) is 14.9 Å². The van der Waals surface area contributed by atoms with E-state index in [-0.39, 0.29) is 11.0 Å². The van der Waals surface area contributed by atoms with Crippen LogP contribution in [-0.4, -0.2) is 48.0 Å². The van der Waals surface area contributed by atoms with Gasteiger partial charge in [-0.1, -0.05) is 34.8 Å². The number of thiocarbonyl (C=S) groups is 1. The van der Waals surface area contributed by atoms with Gasteiger partial charge in [0.25, 0.3) is 5.91 Å². The minimum absolute atomic E-state index is 0.0192. The van der Waals surface area contributed by atoms with E-state index in [9.17, 15) is 9.59 Å². The van der Waals surface area contributed by atoms with Gasteiger partial charge in [-0.05, 0) is 97.2 Å². The highest BCUT2D eigenvalue weighted by atomic mass is 35.5. The van der Waals surface area contributed by atoms with E-state index in [1.54, 1.807) is 54.6 Å². The zero-order valence-corrected chi connectivity index (χ0v) is 25.2. The molecule has 2 heterocycles. The van der Waals surface area contributed by atoms with Gasteiger partial charge >= 0.3 is 0 Å². The van der Waals surface area contributed by atoms with Crippen molar-refractivity contribution >= 4 is 81.4 Å². The van der Waals surface area contributed by atoms with Crippen molar-refractivity contribution in [2.24, 2.45) is 0 Å². The van der Waals surface area contributed by atoms with Gasteiger partial charge in [0.2, 0.25) is 5.91 Å². The Hall–Kier alpha value is -3.82. The molecule has 0 radical (unpaired) electrons. The Balaban J connectivity index is 1.11. The van der Waals surface area contributed by atoms with Gasteiger partial charge in [-0.2, -0.15) is 0 Å². The SMILES string of the molecule is O=C(C=Cc1ccc(-c2ccc(Cl)cc2)o1)NC(=S)Nc1ccc(N2CCN(C(=O)c3ccc(Cl)cc3)CC2)c(Cl)c1. The second-order valence-electron chi connectivity index (χ2n) is 9.44. The summed E-state index contributed by atoms with van der Waals surface area (Å²) >= 11 is 23.8. The van der Waals surface area contributed by atoms with Gasteiger partial charge in [0.05, 0.1) is 10.7 Å². The number of halogens is 3. The molecule has 0 saturated carbocycles. The van der Waals surface area contributed by atoms with Gasteiger partial charge in [0.15, 0.2) is 5.11 Å². The van der Waals surface area contributed by atoms with Crippen LogP contribution in [-0.2, 0) is 4.79 Å². The Bertz CT molecular complexity index is 1630. The lowest BCUT2D eigenvalue weighted by molar-refractivity contribution is -0.115. The first-order chi connectivity index (χ1) is 20.2. The Labute approximate surface area is 263 Å². The number of rotatable bonds is 6. The topological polar surface area (TPSA) is 77.8 Å². The molecule has 0 bridgehead atoms. The van der Waals surface area contributed by atoms with Crippen molar-refractivity contribution < 1.29 is 14.0 Å². The highest BCUT2D eigenvalue weighted by molar-refractivity contribution is 7.80. The summed E-state index contributed by atoms with van der Waals surface area (Å²) in [6.45, 7) is 2.43. The van der Waals surface area contributed by atoms with Crippen LogP contribution in [0, 0.1) is 0 Å². The summed E-state index contributed by atoms with van der Waals surface area (Å²) in [7, 11) is 0. The number of carbonyl (C=O) groups is 2. The molecule has 42 heavy (non-hydrogen) atoms. The lowest BCUT2D eigenvalue weighted by Crippen LogP contribution is -2.48. The molecule has 1 fully saturated rings. The number of anilines is 2. The van der Waals surface area contributed by atoms with Crippen LogP contribution in [0.2, 0.25) is 15.1 Å². The highest BCUT2D eigenvalue weighted by Crippen LogP contribution is 2.30. The number of carbonyl (C=O) groups excluding carboxylic acids is 2. The van der Waals surface area contributed by atoms with Crippen LogP contribution in [0.5, 0.6) is 0 Å². The van der Waals surface area contributed by atoms with Crippen molar-refractivity contribution in [1.82, 2.24) is 10.2 Å². The minimum Gasteiger partial charge on any atom is -0.457 e. The predicted molar refractivity (Wildman–Crippen MR) is 174 cm³/mol. The van der Waals surface area contributed by atoms with Gasteiger partial charge in [0.1, 0.15) is 11.5 Å². The van der Waals surface area contributed by atoms with Gasteiger partial charge in [0, 0.05) is 59.1 Å². The molecule has 11 heteroatoms. The number of piperazine rings is 1. The zero-order chi connectivity index (χ0) is 29.6. The molecule has 3 aromatic carbocycles. The summed E-state index contributed by atoms with van der Waals surface area (Å²) in [6, 6.07) is 23.3. The highest BCUT2D eigenvalue weighted by Gasteiger charge is 2.23. The van der Waals surface area contributed by atoms with E-state index >= 15 is 0 Å². The van der Waals surface area contributed by atoms with E-state index < -0.39 is 5.91 Å². The molecule has 7 nitrogen and oxygen atoms in total. The van der Waals surface area contributed by atoms with Gasteiger partial charge in [-0.15, -0.1) is 0 Å². The average Bonchev–Trinajstić information content (AvgIpc) is 3.46. The van der Waals surface area contributed by atoms with E-state index in [0.717, 1.165) is 11.3 Å². The van der Waals surface area contributed by atoms with E-state index in [1.807, 2.05) is 35.2 Å². The smallest absolute Gasteiger partial charge is 0.253 e. The molecule has 2 N–H and O–H groups in total. The predicted octanol–water partition coefficient (Wildman–Crippen LogP) is 7.40. The fourth-order valence-corrected chi connectivity index (χ4v) is 5.22. The van der Waals surface area contributed by atoms with Crippen molar-refractivity contribution in [3.8, 4) is 11.3 Å². The third-order valence-corrected chi connectivity index (χ3v) is 7.61. The van der Waals surface area contributed by atoms with Crippen LogP contribution in [0.25, 0.3) is 17.4 Å². The maximum absolute atomic E-state index is 12.8. The lowest BCUT2D eigenvalue weighted by atomic mass is 10.1. The quantitative estimate of drug-likeness (QED) is 0.169. The van der Waals surface area contributed by atoms with Crippen molar-refractivity contribution in [2.75, 3.05) is 36.4 Å². The molecule has 4 aromatic rings. The van der Waals surface area contributed by atoms with E-state index in [4.69, 9.17) is 51.4 Å². The molecular weight excluding hydrogens is 615 g/mol. The summed E-state index contributed by atoms with van der Waals surface area (Å²) in [5.41, 5.74) is 2.98. The minimum atomic E-state index is -0.411. The van der Waals surface area contributed by atoms with Crippen molar-refractivity contribution in [3.05, 3.63) is 111 Å². The molecule has 0 unspecified atom stereocenters. The molecule has 0 aliphatic carbocycles. The van der Waals surface area contributed by atoms with E-state index in [0.29, 0.717) is 64.0 Å². The Morgan fingerprint density at radius 1 is 0.833 bits per heavy atom. The van der Waals surface area contributed by atoms with Gasteiger partial charge < -0.3 is 19.5 Å². The number of nitrogens with zero attached hydrogens (tertiary/aromatic N) is 2. The first kappa shape index (κ1) is 29.7. The van der Waals surface area contributed by atoms with Crippen molar-refractivity contribution in [3.63, 3.8) is 0 Å². The first-order valence-electron chi connectivity index (χ1n) is 13.0. The summed E-state index contributed by atoms with van der Waals surface area (Å²) < 4.78 is 5.78. The molecule has 214 valence electrons. The first-order valence-corrected chi connectivity index (χ1v) is 14.5. The zero-order valence-electron chi connectivity index (χ0n) is 22.1. The second kappa shape index (κ2) is 13.4. The standard InChI is InChI=1S/C31H25Cl3N4O3S/c32-22-5-1-20(2-6-22)28-13-10-25(41-28)11-14-29(39)36-31(42)35-24-9-12-27(26(34)19-24)37-15-17-38(18-16-37)30(40)21-3-7-23(33)8-4-21/h1-14,19H,15-18H2,(H2,35,36,39,42). The second-order valence-corrected chi connectivity index (χ2v) is 11.1. The molecule has 1 aliphatic heterocycles.